The van der Waals surface area contributed by atoms with Crippen LogP contribution in [-0.2, 0) is 0 Å². The van der Waals surface area contributed by atoms with E-state index in [1.165, 1.54) is 27.8 Å². The molecule has 3 aromatic carbocycles. The third kappa shape index (κ3) is 3.80. The zero-order valence-electron chi connectivity index (χ0n) is 12.7. The van der Waals surface area contributed by atoms with E-state index in [1.807, 2.05) is 30.3 Å². The van der Waals surface area contributed by atoms with E-state index in [0.29, 0.717) is 0 Å². The van der Waals surface area contributed by atoms with Crippen molar-refractivity contribution >= 4 is 17.7 Å². The summed E-state index contributed by atoms with van der Waals surface area (Å²) in [5.74, 6) is 0. The molecule has 0 heterocycles. The second kappa shape index (κ2) is 7.13. The molecule has 0 saturated heterocycles. The van der Waals surface area contributed by atoms with Gasteiger partial charge in [0.25, 0.3) is 0 Å². The van der Waals surface area contributed by atoms with Crippen molar-refractivity contribution in [2.45, 2.75) is 0 Å². The van der Waals surface area contributed by atoms with Gasteiger partial charge in [-0.2, -0.15) is 0 Å². The minimum atomic E-state index is 0.756. The predicted octanol–water partition coefficient (Wildman–Crippen LogP) is 6.87. The van der Waals surface area contributed by atoms with Crippen LogP contribution in [0, 0.1) is 0 Å². The Hall–Kier alpha value is -2.57. The van der Waals surface area contributed by atoms with E-state index in [-0.39, 0.29) is 0 Å². The third-order valence-electron chi connectivity index (χ3n) is 3.68. The average molecular weight is 317 g/mol. The maximum absolute atomic E-state index is 5.97. The summed E-state index contributed by atoms with van der Waals surface area (Å²) in [6, 6.07) is 25.0. The van der Waals surface area contributed by atoms with Crippen molar-refractivity contribution in [3.63, 3.8) is 0 Å². The van der Waals surface area contributed by atoms with Crippen molar-refractivity contribution in [2.24, 2.45) is 0 Å². The molecule has 1 heteroatoms. The van der Waals surface area contributed by atoms with Crippen LogP contribution in [0.4, 0.5) is 0 Å². The van der Waals surface area contributed by atoms with Gasteiger partial charge in [0.15, 0.2) is 0 Å². The molecule has 0 radical (unpaired) electrons. The fourth-order valence-corrected chi connectivity index (χ4v) is 2.65. The molecule has 0 aromatic heterocycles. The second-order valence-electron chi connectivity index (χ2n) is 5.31. The van der Waals surface area contributed by atoms with Gasteiger partial charge in [0.2, 0.25) is 0 Å². The number of allylic oxidation sites excluding steroid dienone is 2. The molecule has 0 nitrogen and oxygen atoms in total. The molecule has 0 amide bonds. The predicted molar refractivity (Wildman–Crippen MR) is 102 cm³/mol. The van der Waals surface area contributed by atoms with E-state index in [4.69, 9.17) is 11.6 Å². The monoisotopic (exact) mass is 316 g/mol. The van der Waals surface area contributed by atoms with Gasteiger partial charge in [0, 0.05) is 5.02 Å². The number of benzene rings is 3. The van der Waals surface area contributed by atoms with Crippen LogP contribution in [0.3, 0.4) is 0 Å². The molecule has 112 valence electrons. The Labute approximate surface area is 142 Å². The highest BCUT2D eigenvalue weighted by Crippen LogP contribution is 2.27. The van der Waals surface area contributed by atoms with Crippen LogP contribution < -0.4 is 0 Å². The first-order valence-electron chi connectivity index (χ1n) is 7.52. The van der Waals surface area contributed by atoms with Crippen LogP contribution in [0.2, 0.25) is 5.02 Å². The minimum Gasteiger partial charge on any atom is -0.0991 e. The Balaban J connectivity index is 1.98. The molecule has 0 fully saturated rings. The van der Waals surface area contributed by atoms with Gasteiger partial charge in [-0.3, -0.25) is 0 Å². The lowest BCUT2D eigenvalue weighted by Crippen LogP contribution is -1.82. The molecule has 0 bridgehead atoms. The van der Waals surface area contributed by atoms with E-state index >= 15 is 0 Å². The Morgan fingerprint density at radius 3 is 2.00 bits per heavy atom. The standard InChI is InChI=1S/C22H17Cl/c1-2-3-6-17-7-4-8-19(15-17)21-10-5-9-20(16-21)18-11-13-22(23)14-12-18/h2-16H,1H2/b6-3-. The Morgan fingerprint density at radius 2 is 1.30 bits per heavy atom. The van der Waals surface area contributed by atoms with Gasteiger partial charge >= 0.3 is 0 Å². The summed E-state index contributed by atoms with van der Waals surface area (Å²) in [6.07, 6.45) is 5.79. The SMILES string of the molecule is C=C/C=C\c1cccc(-c2cccc(-c3ccc(Cl)cc3)c2)c1. The number of rotatable bonds is 4. The summed E-state index contributed by atoms with van der Waals surface area (Å²) in [5, 5.41) is 0.756. The van der Waals surface area contributed by atoms with Gasteiger partial charge in [0.05, 0.1) is 0 Å². The highest BCUT2D eigenvalue weighted by Gasteiger charge is 2.02. The van der Waals surface area contributed by atoms with Crippen LogP contribution in [0.5, 0.6) is 0 Å². The minimum absolute atomic E-state index is 0.756. The lowest BCUT2D eigenvalue weighted by atomic mass is 9.98. The Kier molecular flexibility index (Phi) is 4.75. The number of halogens is 1. The molecule has 0 atom stereocenters. The smallest absolute Gasteiger partial charge is 0.0406 e. The lowest BCUT2D eigenvalue weighted by Gasteiger charge is -2.07. The van der Waals surface area contributed by atoms with Crippen molar-refractivity contribution in [3.8, 4) is 22.3 Å². The molecule has 3 rings (SSSR count). The van der Waals surface area contributed by atoms with Crippen LogP contribution in [0.15, 0.2) is 91.5 Å². The van der Waals surface area contributed by atoms with Gasteiger partial charge in [-0.25, -0.2) is 0 Å². The summed E-state index contributed by atoms with van der Waals surface area (Å²) in [5.41, 5.74) is 5.92. The highest BCUT2D eigenvalue weighted by atomic mass is 35.5. The molecule has 0 spiro atoms. The molecule has 0 aliphatic heterocycles. The Bertz CT molecular complexity index is 842. The Morgan fingerprint density at radius 1 is 0.696 bits per heavy atom. The first-order valence-corrected chi connectivity index (χ1v) is 7.89. The van der Waals surface area contributed by atoms with Crippen LogP contribution in [0.25, 0.3) is 28.3 Å². The summed E-state index contributed by atoms with van der Waals surface area (Å²) < 4.78 is 0. The molecule has 23 heavy (non-hydrogen) atoms. The first kappa shape index (κ1) is 15.3. The topological polar surface area (TPSA) is 0 Å². The van der Waals surface area contributed by atoms with Crippen molar-refractivity contribution in [2.75, 3.05) is 0 Å². The molecule has 0 aliphatic rings. The third-order valence-corrected chi connectivity index (χ3v) is 3.94. The van der Waals surface area contributed by atoms with E-state index in [2.05, 4.69) is 61.2 Å². The van der Waals surface area contributed by atoms with E-state index in [1.54, 1.807) is 6.08 Å². The van der Waals surface area contributed by atoms with Crippen molar-refractivity contribution < 1.29 is 0 Å². The first-order chi connectivity index (χ1) is 11.3. The molecule has 0 unspecified atom stereocenters. The van der Waals surface area contributed by atoms with Crippen LogP contribution in [0.1, 0.15) is 5.56 Å². The van der Waals surface area contributed by atoms with Crippen molar-refractivity contribution in [1.29, 1.82) is 0 Å². The molecule has 0 N–H and O–H groups in total. The molecular weight excluding hydrogens is 300 g/mol. The quantitative estimate of drug-likeness (QED) is 0.460. The number of hydrogen-bond acceptors (Lipinski definition) is 0. The normalized spacial score (nSPS) is 10.8. The van der Waals surface area contributed by atoms with Gasteiger partial charge in [-0.05, 0) is 52.1 Å². The lowest BCUT2D eigenvalue weighted by molar-refractivity contribution is 1.57. The zero-order chi connectivity index (χ0) is 16.1. The van der Waals surface area contributed by atoms with Gasteiger partial charge in [-0.1, -0.05) is 84.9 Å². The van der Waals surface area contributed by atoms with Crippen molar-refractivity contribution in [3.05, 3.63) is 102 Å². The number of hydrogen-bond donors (Lipinski definition) is 0. The van der Waals surface area contributed by atoms with Crippen molar-refractivity contribution in [1.82, 2.24) is 0 Å². The summed E-state index contributed by atoms with van der Waals surface area (Å²) in [6.45, 7) is 3.71. The average Bonchev–Trinajstić information content (AvgIpc) is 2.61. The van der Waals surface area contributed by atoms with E-state index < -0.39 is 0 Å². The van der Waals surface area contributed by atoms with E-state index in [9.17, 15) is 0 Å². The molecular formula is C22H17Cl. The fraction of sp³-hybridized carbons (Fsp3) is 0. The largest absolute Gasteiger partial charge is 0.0991 e. The van der Waals surface area contributed by atoms with Crippen LogP contribution in [-0.4, -0.2) is 0 Å². The summed E-state index contributed by atoms with van der Waals surface area (Å²) in [4.78, 5) is 0. The summed E-state index contributed by atoms with van der Waals surface area (Å²) >= 11 is 5.97. The van der Waals surface area contributed by atoms with Gasteiger partial charge in [0.1, 0.15) is 0 Å². The highest BCUT2D eigenvalue weighted by molar-refractivity contribution is 6.30. The van der Waals surface area contributed by atoms with E-state index in [0.717, 1.165) is 5.02 Å². The summed E-state index contributed by atoms with van der Waals surface area (Å²) in [7, 11) is 0. The van der Waals surface area contributed by atoms with Gasteiger partial charge < -0.3 is 0 Å². The molecule has 3 aromatic rings. The maximum Gasteiger partial charge on any atom is 0.0406 e. The maximum atomic E-state index is 5.97. The zero-order valence-corrected chi connectivity index (χ0v) is 13.5. The second-order valence-corrected chi connectivity index (χ2v) is 5.74. The molecule has 0 aliphatic carbocycles. The molecule has 0 saturated carbocycles. The van der Waals surface area contributed by atoms with Gasteiger partial charge in [-0.15, -0.1) is 0 Å². The van der Waals surface area contributed by atoms with Crippen LogP contribution >= 0.6 is 11.6 Å². The fourth-order valence-electron chi connectivity index (χ4n) is 2.52.